The van der Waals surface area contributed by atoms with E-state index in [0.29, 0.717) is 11.5 Å². The van der Waals surface area contributed by atoms with E-state index in [1.807, 2.05) is 31.2 Å². The molecule has 4 rings (SSSR count). The van der Waals surface area contributed by atoms with E-state index in [1.54, 1.807) is 12.1 Å². The third-order valence-electron chi connectivity index (χ3n) is 5.19. The van der Waals surface area contributed by atoms with Crippen LogP contribution in [-0.4, -0.2) is 25.5 Å². The van der Waals surface area contributed by atoms with Gasteiger partial charge >= 0.3 is 0 Å². The van der Waals surface area contributed by atoms with Crippen LogP contribution in [0.5, 0.6) is 5.88 Å². The number of fused-ring (bicyclic) bond motifs is 2. The van der Waals surface area contributed by atoms with Crippen LogP contribution in [0.1, 0.15) is 48.4 Å². The van der Waals surface area contributed by atoms with Crippen molar-refractivity contribution in [1.29, 1.82) is 0 Å². The lowest BCUT2D eigenvalue weighted by molar-refractivity contribution is 0.0995. The minimum Gasteiger partial charge on any atom is -0.493 e. The summed E-state index contributed by atoms with van der Waals surface area (Å²) in [6.45, 7) is 9.00. The highest BCUT2D eigenvalue weighted by Crippen LogP contribution is 2.37. The standard InChI is InChI=1S/C22H23N5O2/c1-5-27-13(4)23-18-11-15(7-9-19(18)27)21(28)26-25-20-16-10-14(12(2)3)6-8-17(16)24-22(20)29/h6-12,24,29H,5H2,1-4H3. The van der Waals surface area contributed by atoms with Gasteiger partial charge in [0.05, 0.1) is 16.6 Å². The molecule has 4 aromatic rings. The molecular formula is C22H23N5O2. The summed E-state index contributed by atoms with van der Waals surface area (Å²) in [7, 11) is 0. The van der Waals surface area contributed by atoms with Gasteiger partial charge in [-0.2, -0.15) is 0 Å². The molecule has 148 valence electrons. The number of carbonyl (C=O) groups excluding carboxylic acids is 1. The number of aromatic hydroxyl groups is 1. The van der Waals surface area contributed by atoms with Crippen LogP contribution in [0.3, 0.4) is 0 Å². The lowest BCUT2D eigenvalue weighted by Gasteiger charge is -2.04. The second kappa shape index (κ2) is 7.16. The number of hydrogen-bond acceptors (Lipinski definition) is 4. The Morgan fingerprint density at radius 3 is 2.76 bits per heavy atom. The van der Waals surface area contributed by atoms with Gasteiger partial charge in [0.1, 0.15) is 5.82 Å². The van der Waals surface area contributed by atoms with Crippen molar-refractivity contribution >= 4 is 33.5 Å². The summed E-state index contributed by atoms with van der Waals surface area (Å²) in [5, 5.41) is 18.9. The first-order valence-corrected chi connectivity index (χ1v) is 9.66. The molecule has 2 aromatic heterocycles. The van der Waals surface area contributed by atoms with Crippen LogP contribution in [0, 0.1) is 6.92 Å². The molecule has 0 spiro atoms. The number of aryl methyl sites for hydroxylation is 2. The largest absolute Gasteiger partial charge is 0.493 e. The number of aromatic amines is 1. The molecule has 1 amide bonds. The van der Waals surface area contributed by atoms with Gasteiger partial charge < -0.3 is 14.7 Å². The Morgan fingerprint density at radius 2 is 2.03 bits per heavy atom. The lowest BCUT2D eigenvalue weighted by Crippen LogP contribution is -1.97. The molecule has 0 bridgehead atoms. The molecule has 29 heavy (non-hydrogen) atoms. The maximum absolute atomic E-state index is 12.6. The van der Waals surface area contributed by atoms with E-state index >= 15 is 0 Å². The van der Waals surface area contributed by atoms with E-state index in [1.165, 1.54) is 0 Å². The highest BCUT2D eigenvalue weighted by molar-refractivity contribution is 5.99. The molecule has 7 heteroatoms. The maximum Gasteiger partial charge on any atom is 0.295 e. The van der Waals surface area contributed by atoms with Crippen molar-refractivity contribution in [3.8, 4) is 5.88 Å². The first-order chi connectivity index (χ1) is 13.9. The van der Waals surface area contributed by atoms with Crippen LogP contribution in [0.15, 0.2) is 46.6 Å². The Hall–Kier alpha value is -3.48. The van der Waals surface area contributed by atoms with Crippen molar-refractivity contribution in [1.82, 2.24) is 14.5 Å². The molecule has 7 nitrogen and oxygen atoms in total. The molecule has 0 radical (unpaired) electrons. The van der Waals surface area contributed by atoms with Crippen LogP contribution >= 0.6 is 0 Å². The van der Waals surface area contributed by atoms with E-state index in [4.69, 9.17) is 0 Å². The fraction of sp³-hybridized carbons (Fsp3) is 0.273. The number of nitrogens with one attached hydrogen (secondary N) is 1. The Balaban J connectivity index is 1.68. The lowest BCUT2D eigenvalue weighted by atomic mass is 10.0. The third-order valence-corrected chi connectivity index (χ3v) is 5.19. The number of amides is 1. The fourth-order valence-electron chi connectivity index (χ4n) is 3.58. The maximum atomic E-state index is 12.6. The van der Waals surface area contributed by atoms with Gasteiger partial charge in [-0.25, -0.2) is 4.98 Å². The Bertz CT molecular complexity index is 1260. The molecular weight excluding hydrogens is 366 g/mol. The summed E-state index contributed by atoms with van der Waals surface area (Å²) in [6, 6.07) is 11.2. The average molecular weight is 389 g/mol. The molecule has 0 aliphatic rings. The van der Waals surface area contributed by atoms with Gasteiger partial charge in [0.2, 0.25) is 5.88 Å². The van der Waals surface area contributed by atoms with Crippen molar-refractivity contribution in [2.75, 3.05) is 0 Å². The number of rotatable bonds is 4. The van der Waals surface area contributed by atoms with Gasteiger partial charge in [-0.05, 0) is 55.7 Å². The van der Waals surface area contributed by atoms with E-state index in [0.717, 1.165) is 39.9 Å². The first kappa shape index (κ1) is 18.9. The zero-order valence-corrected chi connectivity index (χ0v) is 16.9. The van der Waals surface area contributed by atoms with Crippen molar-refractivity contribution in [2.45, 2.75) is 40.2 Å². The highest BCUT2D eigenvalue weighted by Gasteiger charge is 2.14. The molecule has 2 N–H and O–H groups in total. The molecule has 0 saturated carbocycles. The van der Waals surface area contributed by atoms with Gasteiger partial charge in [-0.3, -0.25) is 4.79 Å². The number of benzene rings is 2. The summed E-state index contributed by atoms with van der Waals surface area (Å²) < 4.78 is 2.08. The van der Waals surface area contributed by atoms with Gasteiger partial charge in [0.25, 0.3) is 5.91 Å². The van der Waals surface area contributed by atoms with Gasteiger partial charge in [0, 0.05) is 17.5 Å². The molecule has 0 aliphatic heterocycles. The summed E-state index contributed by atoms with van der Waals surface area (Å²) in [5.41, 5.74) is 4.27. The van der Waals surface area contributed by atoms with Crippen molar-refractivity contribution in [3.63, 3.8) is 0 Å². The molecule has 0 atom stereocenters. The normalized spacial score (nSPS) is 12.0. The highest BCUT2D eigenvalue weighted by atomic mass is 16.3. The number of carbonyl (C=O) groups is 1. The fourth-order valence-corrected chi connectivity index (χ4v) is 3.58. The Labute approximate surface area is 168 Å². The topological polar surface area (TPSA) is 95.6 Å². The zero-order valence-electron chi connectivity index (χ0n) is 16.9. The second-order valence-electron chi connectivity index (χ2n) is 7.39. The Morgan fingerprint density at radius 1 is 1.24 bits per heavy atom. The van der Waals surface area contributed by atoms with Gasteiger partial charge in [-0.1, -0.05) is 19.9 Å². The molecule has 2 heterocycles. The monoisotopic (exact) mass is 389 g/mol. The molecule has 0 saturated heterocycles. The zero-order chi connectivity index (χ0) is 20.7. The number of hydrogen-bond donors (Lipinski definition) is 2. The average Bonchev–Trinajstić information content (AvgIpc) is 3.19. The smallest absolute Gasteiger partial charge is 0.295 e. The number of azo groups is 1. The van der Waals surface area contributed by atoms with Crippen molar-refractivity contribution in [2.24, 2.45) is 10.2 Å². The van der Waals surface area contributed by atoms with Gasteiger partial charge in [0.15, 0.2) is 5.69 Å². The quantitative estimate of drug-likeness (QED) is 0.445. The summed E-state index contributed by atoms with van der Waals surface area (Å²) >= 11 is 0. The molecule has 0 fully saturated rings. The van der Waals surface area contributed by atoms with E-state index in [9.17, 15) is 9.90 Å². The molecule has 0 unspecified atom stereocenters. The van der Waals surface area contributed by atoms with E-state index in [2.05, 4.69) is 45.5 Å². The summed E-state index contributed by atoms with van der Waals surface area (Å²) in [4.78, 5) is 20.0. The number of imidazole rings is 1. The second-order valence-corrected chi connectivity index (χ2v) is 7.39. The summed E-state index contributed by atoms with van der Waals surface area (Å²) in [6.07, 6.45) is 0. The number of nitrogens with zero attached hydrogens (tertiary/aromatic N) is 4. The van der Waals surface area contributed by atoms with E-state index < -0.39 is 5.91 Å². The van der Waals surface area contributed by atoms with Crippen LogP contribution in [-0.2, 0) is 6.54 Å². The van der Waals surface area contributed by atoms with Crippen LogP contribution < -0.4 is 0 Å². The first-order valence-electron chi connectivity index (χ1n) is 9.66. The van der Waals surface area contributed by atoms with Crippen molar-refractivity contribution in [3.05, 3.63) is 53.3 Å². The number of H-pyrrole nitrogens is 1. The van der Waals surface area contributed by atoms with Crippen LogP contribution in [0.4, 0.5) is 5.69 Å². The van der Waals surface area contributed by atoms with Crippen LogP contribution in [0.2, 0.25) is 0 Å². The molecule has 0 aliphatic carbocycles. The summed E-state index contributed by atoms with van der Waals surface area (Å²) in [5.74, 6) is 0.647. The Kier molecular flexibility index (Phi) is 4.66. The van der Waals surface area contributed by atoms with E-state index in [-0.39, 0.29) is 11.6 Å². The van der Waals surface area contributed by atoms with Crippen LogP contribution in [0.25, 0.3) is 21.9 Å². The molecule has 2 aromatic carbocycles. The predicted molar refractivity (Wildman–Crippen MR) is 113 cm³/mol. The number of aromatic nitrogens is 3. The minimum absolute atomic E-state index is 0.106. The third kappa shape index (κ3) is 3.29. The van der Waals surface area contributed by atoms with Crippen molar-refractivity contribution < 1.29 is 9.90 Å². The van der Waals surface area contributed by atoms with Gasteiger partial charge in [-0.15, -0.1) is 10.2 Å². The SMILES string of the molecule is CCn1c(C)nc2cc(C(=O)N=Nc3c(O)[nH]c4ccc(C(C)C)cc34)ccc21. The predicted octanol–water partition coefficient (Wildman–Crippen LogP) is 5.60. The minimum atomic E-state index is -0.482.